The molecule has 3 heterocycles. The fourth-order valence-corrected chi connectivity index (χ4v) is 3.58. The highest BCUT2D eigenvalue weighted by Crippen LogP contribution is 2.29. The Bertz CT molecular complexity index is 1100. The molecule has 27 heavy (non-hydrogen) atoms. The van der Waals surface area contributed by atoms with E-state index in [1.807, 2.05) is 29.2 Å². The molecule has 3 aromatic rings. The second kappa shape index (κ2) is 6.61. The normalized spacial score (nSPS) is 14.4. The van der Waals surface area contributed by atoms with Crippen molar-refractivity contribution in [3.05, 3.63) is 58.4 Å². The lowest BCUT2D eigenvalue weighted by atomic mass is 10.1. The van der Waals surface area contributed by atoms with Gasteiger partial charge in [-0.3, -0.25) is 9.59 Å². The van der Waals surface area contributed by atoms with Gasteiger partial charge in [-0.05, 0) is 6.07 Å². The van der Waals surface area contributed by atoms with Crippen LogP contribution in [0.2, 0.25) is 0 Å². The highest BCUT2D eigenvalue weighted by Gasteiger charge is 2.27. The molecule has 4 rings (SSSR count). The number of nitrogens with zero attached hydrogens (tertiary/aromatic N) is 5. The second-order valence-electron chi connectivity index (χ2n) is 6.45. The van der Waals surface area contributed by atoms with E-state index >= 15 is 0 Å². The maximum atomic E-state index is 12.6. The number of para-hydroxylation sites is 1. The molecule has 1 aromatic carbocycles. The van der Waals surface area contributed by atoms with Crippen molar-refractivity contribution in [1.29, 1.82) is 5.26 Å². The van der Waals surface area contributed by atoms with Crippen molar-refractivity contribution in [3.8, 4) is 6.07 Å². The smallest absolute Gasteiger partial charge is 0.274 e. The number of nitrogens with one attached hydrogen (secondary N) is 1. The first-order valence-electron chi connectivity index (χ1n) is 8.66. The number of hydrogen-bond donors (Lipinski definition) is 1. The van der Waals surface area contributed by atoms with Crippen molar-refractivity contribution in [2.75, 3.05) is 31.1 Å². The number of anilines is 1. The van der Waals surface area contributed by atoms with Crippen molar-refractivity contribution in [2.45, 2.75) is 0 Å². The predicted octanol–water partition coefficient (Wildman–Crippen LogP) is 1.10. The van der Waals surface area contributed by atoms with E-state index in [-0.39, 0.29) is 17.0 Å². The van der Waals surface area contributed by atoms with Gasteiger partial charge in [0.25, 0.3) is 11.5 Å². The number of nitriles is 1. The van der Waals surface area contributed by atoms with E-state index in [1.165, 1.54) is 10.9 Å². The lowest BCUT2D eigenvalue weighted by molar-refractivity contribution is 0.0741. The molecule has 0 unspecified atom stereocenters. The lowest BCUT2D eigenvalue weighted by Gasteiger charge is -2.36. The maximum Gasteiger partial charge on any atom is 0.274 e. The summed E-state index contributed by atoms with van der Waals surface area (Å²) >= 11 is 0. The molecule has 0 bridgehead atoms. The van der Waals surface area contributed by atoms with Crippen molar-refractivity contribution in [1.82, 2.24) is 19.4 Å². The summed E-state index contributed by atoms with van der Waals surface area (Å²) in [7, 11) is 1.68. The summed E-state index contributed by atoms with van der Waals surface area (Å²) < 4.78 is 1.51. The van der Waals surface area contributed by atoms with Gasteiger partial charge in [-0.15, -0.1) is 0 Å². The number of hydrogen-bond acceptors (Lipinski definition) is 5. The van der Waals surface area contributed by atoms with Crippen LogP contribution in [0.5, 0.6) is 0 Å². The van der Waals surface area contributed by atoms with Gasteiger partial charge in [-0.25, -0.2) is 4.98 Å². The summed E-state index contributed by atoms with van der Waals surface area (Å²) in [6, 6.07) is 9.65. The molecule has 0 spiro atoms. The van der Waals surface area contributed by atoms with Crippen LogP contribution in [0.25, 0.3) is 10.9 Å². The Morgan fingerprint density at radius 1 is 1.22 bits per heavy atom. The maximum absolute atomic E-state index is 12.6. The average molecular weight is 362 g/mol. The number of imidazole rings is 1. The number of amides is 1. The largest absolute Gasteiger partial charge is 0.366 e. The molecule has 1 fully saturated rings. The molecule has 0 aliphatic carbocycles. The molecule has 1 amide bonds. The Labute approximate surface area is 155 Å². The number of aromatic nitrogens is 3. The monoisotopic (exact) mass is 362 g/mol. The van der Waals surface area contributed by atoms with E-state index in [4.69, 9.17) is 0 Å². The van der Waals surface area contributed by atoms with Crippen LogP contribution in [-0.2, 0) is 7.05 Å². The van der Waals surface area contributed by atoms with Crippen LogP contribution in [0.15, 0.2) is 41.6 Å². The lowest BCUT2D eigenvalue weighted by Crippen LogP contribution is -2.49. The van der Waals surface area contributed by atoms with Crippen LogP contribution in [0.3, 0.4) is 0 Å². The van der Waals surface area contributed by atoms with Crippen molar-refractivity contribution in [2.24, 2.45) is 7.05 Å². The Morgan fingerprint density at radius 2 is 1.96 bits per heavy atom. The number of carbonyl (C=O) groups is 1. The van der Waals surface area contributed by atoms with Gasteiger partial charge < -0.3 is 19.4 Å². The van der Waals surface area contributed by atoms with E-state index in [9.17, 15) is 14.9 Å². The molecule has 0 atom stereocenters. The van der Waals surface area contributed by atoms with Crippen LogP contribution < -0.4 is 10.5 Å². The van der Waals surface area contributed by atoms with Gasteiger partial charge in [0.15, 0.2) is 0 Å². The number of H-pyrrole nitrogens is 1. The van der Waals surface area contributed by atoms with Gasteiger partial charge in [0, 0.05) is 44.8 Å². The molecule has 0 radical (unpaired) electrons. The van der Waals surface area contributed by atoms with Crippen LogP contribution in [0.4, 0.5) is 5.69 Å². The summed E-state index contributed by atoms with van der Waals surface area (Å²) in [6.45, 7) is 2.09. The zero-order valence-electron chi connectivity index (χ0n) is 14.8. The summed E-state index contributed by atoms with van der Waals surface area (Å²) in [5.74, 6) is -0.120. The summed E-state index contributed by atoms with van der Waals surface area (Å²) in [4.78, 5) is 35.7. The topological polar surface area (TPSA) is 98.0 Å². The van der Waals surface area contributed by atoms with Gasteiger partial charge in [0.05, 0.1) is 17.5 Å². The van der Waals surface area contributed by atoms with E-state index in [2.05, 4.69) is 16.0 Å². The Balaban J connectivity index is 1.68. The number of fused-ring (bicyclic) bond motifs is 1. The molecule has 8 nitrogen and oxygen atoms in total. The number of aromatic amines is 1. The summed E-state index contributed by atoms with van der Waals surface area (Å²) in [6.07, 6.45) is 3.06. The number of pyridine rings is 1. The highest BCUT2D eigenvalue weighted by atomic mass is 16.2. The van der Waals surface area contributed by atoms with Crippen molar-refractivity contribution in [3.63, 3.8) is 0 Å². The minimum Gasteiger partial charge on any atom is -0.366 e. The quantitative estimate of drug-likeness (QED) is 0.736. The summed E-state index contributed by atoms with van der Waals surface area (Å²) in [5.41, 5.74) is 1.67. The van der Waals surface area contributed by atoms with Crippen molar-refractivity contribution < 1.29 is 4.79 Å². The number of carbonyl (C=O) groups excluding carboxylic acids is 1. The average Bonchev–Trinajstić information content (AvgIpc) is 3.25. The van der Waals surface area contributed by atoms with Gasteiger partial charge in [-0.1, -0.05) is 18.2 Å². The third-order valence-electron chi connectivity index (χ3n) is 4.99. The minimum absolute atomic E-state index is 0.120. The molecule has 136 valence electrons. The first-order valence-corrected chi connectivity index (χ1v) is 8.66. The standard InChI is InChI=1S/C19H18N6O2/c1-23-16-5-3-2-4-13(16)17(14(10-20)18(23)26)24-6-8-25(9-7-24)19(27)15-11-21-12-22-15/h2-5,11-12H,6-9H2,1H3,(H,21,22). The molecule has 2 aromatic heterocycles. The van der Waals surface area contributed by atoms with Crippen LogP contribution in [-0.4, -0.2) is 51.5 Å². The molecule has 1 aliphatic heterocycles. The van der Waals surface area contributed by atoms with Gasteiger partial charge in [0.1, 0.15) is 17.3 Å². The SMILES string of the molecule is Cn1c(=O)c(C#N)c(N2CCN(C(=O)c3c[nH]cn3)CC2)c2ccccc21. The van der Waals surface area contributed by atoms with Gasteiger partial charge >= 0.3 is 0 Å². The first-order chi connectivity index (χ1) is 13.1. The number of rotatable bonds is 2. The minimum atomic E-state index is -0.304. The highest BCUT2D eigenvalue weighted by molar-refractivity contribution is 5.95. The van der Waals surface area contributed by atoms with Crippen molar-refractivity contribution >= 4 is 22.5 Å². The van der Waals surface area contributed by atoms with Crippen LogP contribution in [0, 0.1) is 11.3 Å². The van der Waals surface area contributed by atoms with Crippen LogP contribution in [0.1, 0.15) is 16.1 Å². The zero-order chi connectivity index (χ0) is 19.0. The Kier molecular flexibility index (Phi) is 4.12. The van der Waals surface area contributed by atoms with E-state index in [0.29, 0.717) is 37.6 Å². The molecule has 1 N–H and O–H groups in total. The molecule has 0 saturated carbocycles. The fourth-order valence-electron chi connectivity index (χ4n) is 3.58. The summed E-state index contributed by atoms with van der Waals surface area (Å²) in [5, 5.41) is 10.5. The number of aryl methyl sites for hydroxylation is 1. The van der Waals surface area contributed by atoms with Gasteiger partial charge in [0.2, 0.25) is 0 Å². The zero-order valence-corrected chi connectivity index (χ0v) is 14.8. The second-order valence-corrected chi connectivity index (χ2v) is 6.45. The van der Waals surface area contributed by atoms with E-state index < -0.39 is 0 Å². The van der Waals surface area contributed by atoms with Crippen LogP contribution >= 0.6 is 0 Å². The number of piperazine rings is 1. The Hall–Kier alpha value is -3.60. The first kappa shape index (κ1) is 16.8. The molecular weight excluding hydrogens is 344 g/mol. The Morgan fingerprint density at radius 3 is 2.63 bits per heavy atom. The van der Waals surface area contributed by atoms with Gasteiger partial charge in [-0.2, -0.15) is 5.26 Å². The predicted molar refractivity (Wildman–Crippen MR) is 101 cm³/mol. The van der Waals surface area contributed by atoms with E-state index in [1.54, 1.807) is 18.1 Å². The molecular formula is C19H18N6O2. The third kappa shape index (κ3) is 2.73. The molecule has 1 saturated heterocycles. The molecule has 1 aliphatic rings. The fraction of sp³-hybridized carbons (Fsp3) is 0.263. The number of benzene rings is 1. The third-order valence-corrected chi connectivity index (χ3v) is 4.99. The van der Waals surface area contributed by atoms with E-state index in [0.717, 1.165) is 10.9 Å². The molecule has 8 heteroatoms.